The van der Waals surface area contributed by atoms with E-state index in [9.17, 15) is 0 Å². The van der Waals surface area contributed by atoms with E-state index in [-0.39, 0.29) is 5.95 Å². The summed E-state index contributed by atoms with van der Waals surface area (Å²) in [6.07, 6.45) is 1.65. The minimum Gasteiger partial charge on any atom is -0.368 e. The van der Waals surface area contributed by atoms with Gasteiger partial charge in [0.15, 0.2) is 5.82 Å². The predicted octanol–water partition coefficient (Wildman–Crippen LogP) is 0.108. The Balaban J connectivity index is 2.04. The highest BCUT2D eigenvalue weighted by Gasteiger charge is 2.01. The van der Waals surface area contributed by atoms with Gasteiger partial charge in [0.1, 0.15) is 12.1 Å². The molecule has 84 valence electrons. The van der Waals surface area contributed by atoms with Gasteiger partial charge in [-0.15, -0.1) is 0 Å². The molecule has 0 amide bonds. The van der Waals surface area contributed by atoms with E-state index < -0.39 is 0 Å². The standard InChI is InChI=1S/C9H13N7/c1-6-3-7(14-9(10)13-6)11-4-8-12-5-16(2)15-8/h3,5H,4H2,1-2H3,(H3,10,11,13,14). The van der Waals surface area contributed by atoms with Gasteiger partial charge in [-0.3, -0.25) is 4.68 Å². The van der Waals surface area contributed by atoms with E-state index in [1.807, 2.05) is 20.0 Å². The average molecular weight is 219 g/mol. The quantitative estimate of drug-likeness (QED) is 0.760. The third-order valence-corrected chi connectivity index (χ3v) is 1.95. The SMILES string of the molecule is Cc1cc(NCc2ncn(C)n2)nc(N)n1. The van der Waals surface area contributed by atoms with E-state index in [0.717, 1.165) is 5.69 Å². The van der Waals surface area contributed by atoms with Gasteiger partial charge in [-0.2, -0.15) is 10.1 Å². The average Bonchev–Trinajstić information content (AvgIpc) is 2.60. The summed E-state index contributed by atoms with van der Waals surface area (Å²) in [5.41, 5.74) is 6.36. The maximum absolute atomic E-state index is 5.53. The number of aryl methyl sites for hydroxylation is 2. The van der Waals surface area contributed by atoms with Crippen LogP contribution in [-0.2, 0) is 13.6 Å². The molecule has 7 nitrogen and oxygen atoms in total. The van der Waals surface area contributed by atoms with Gasteiger partial charge >= 0.3 is 0 Å². The van der Waals surface area contributed by atoms with Crippen LogP contribution in [0, 0.1) is 6.92 Å². The van der Waals surface area contributed by atoms with Gasteiger partial charge in [-0.1, -0.05) is 0 Å². The molecule has 3 N–H and O–H groups in total. The number of nitrogens with one attached hydrogen (secondary N) is 1. The van der Waals surface area contributed by atoms with Gasteiger partial charge in [0.2, 0.25) is 5.95 Å². The zero-order valence-corrected chi connectivity index (χ0v) is 9.18. The van der Waals surface area contributed by atoms with Crippen LogP contribution in [0.5, 0.6) is 0 Å². The van der Waals surface area contributed by atoms with Crippen molar-refractivity contribution < 1.29 is 0 Å². The third kappa shape index (κ3) is 2.44. The maximum Gasteiger partial charge on any atom is 0.222 e. The molecule has 0 bridgehead atoms. The highest BCUT2D eigenvalue weighted by Crippen LogP contribution is 2.07. The number of hydrogen-bond donors (Lipinski definition) is 2. The Bertz CT molecular complexity index is 470. The second-order valence-corrected chi connectivity index (χ2v) is 3.44. The lowest BCUT2D eigenvalue weighted by atomic mass is 10.4. The number of aromatic nitrogens is 5. The van der Waals surface area contributed by atoms with Crippen LogP contribution in [0.4, 0.5) is 11.8 Å². The molecule has 7 heteroatoms. The first-order valence-electron chi connectivity index (χ1n) is 4.83. The van der Waals surface area contributed by atoms with E-state index >= 15 is 0 Å². The first-order chi connectivity index (χ1) is 7.63. The number of nitrogens with two attached hydrogens (primary N) is 1. The molecule has 0 radical (unpaired) electrons. The molecule has 2 aromatic rings. The smallest absolute Gasteiger partial charge is 0.222 e. The molecule has 0 unspecified atom stereocenters. The lowest BCUT2D eigenvalue weighted by molar-refractivity contribution is 0.747. The Morgan fingerprint density at radius 3 is 2.88 bits per heavy atom. The molecule has 2 heterocycles. The molecule has 0 aromatic carbocycles. The molecule has 0 saturated heterocycles. The van der Waals surface area contributed by atoms with Gasteiger partial charge in [-0.25, -0.2) is 9.97 Å². The molecule has 0 spiro atoms. The molecule has 0 aliphatic rings. The zero-order valence-electron chi connectivity index (χ0n) is 9.18. The highest BCUT2D eigenvalue weighted by molar-refractivity contribution is 5.40. The number of anilines is 2. The summed E-state index contributed by atoms with van der Waals surface area (Å²) in [5, 5.41) is 7.23. The van der Waals surface area contributed by atoms with Crippen LogP contribution in [0.25, 0.3) is 0 Å². The number of hydrogen-bond acceptors (Lipinski definition) is 6. The third-order valence-electron chi connectivity index (χ3n) is 1.95. The molecule has 0 aliphatic heterocycles. The molecule has 0 saturated carbocycles. The summed E-state index contributed by atoms with van der Waals surface area (Å²) in [6, 6.07) is 1.82. The summed E-state index contributed by atoms with van der Waals surface area (Å²) < 4.78 is 1.65. The van der Waals surface area contributed by atoms with Crippen LogP contribution >= 0.6 is 0 Å². The van der Waals surface area contributed by atoms with Crippen molar-refractivity contribution in [2.75, 3.05) is 11.1 Å². The first kappa shape index (κ1) is 10.3. The van der Waals surface area contributed by atoms with E-state index in [1.165, 1.54) is 0 Å². The summed E-state index contributed by atoms with van der Waals surface area (Å²) in [6.45, 7) is 2.37. The second-order valence-electron chi connectivity index (χ2n) is 3.44. The van der Waals surface area contributed by atoms with Crippen molar-refractivity contribution in [3.63, 3.8) is 0 Å². The molecule has 16 heavy (non-hydrogen) atoms. The van der Waals surface area contributed by atoms with Crippen LogP contribution in [-0.4, -0.2) is 24.7 Å². The van der Waals surface area contributed by atoms with E-state index in [2.05, 4.69) is 25.4 Å². The van der Waals surface area contributed by atoms with E-state index in [0.29, 0.717) is 18.2 Å². The Kier molecular flexibility index (Phi) is 2.67. The largest absolute Gasteiger partial charge is 0.368 e. The van der Waals surface area contributed by atoms with Crippen LogP contribution in [0.3, 0.4) is 0 Å². The van der Waals surface area contributed by atoms with Crippen LogP contribution in [0.1, 0.15) is 11.5 Å². The molecule has 2 aromatic heterocycles. The fourth-order valence-corrected chi connectivity index (χ4v) is 1.32. The zero-order chi connectivity index (χ0) is 11.5. The lowest BCUT2D eigenvalue weighted by Crippen LogP contribution is -2.06. The minimum absolute atomic E-state index is 0.261. The lowest BCUT2D eigenvalue weighted by Gasteiger charge is -2.04. The van der Waals surface area contributed by atoms with E-state index in [1.54, 1.807) is 11.0 Å². The molecular formula is C9H13N7. The van der Waals surface area contributed by atoms with Crippen molar-refractivity contribution in [3.8, 4) is 0 Å². The molecule has 0 aliphatic carbocycles. The maximum atomic E-state index is 5.53. The first-order valence-corrected chi connectivity index (χ1v) is 4.83. The topological polar surface area (TPSA) is 94.5 Å². The Hall–Kier alpha value is -2.18. The van der Waals surface area contributed by atoms with Gasteiger partial charge in [0.25, 0.3) is 0 Å². The van der Waals surface area contributed by atoms with E-state index in [4.69, 9.17) is 5.73 Å². The fourth-order valence-electron chi connectivity index (χ4n) is 1.32. The summed E-state index contributed by atoms with van der Waals surface area (Å²) in [7, 11) is 1.82. The Labute approximate surface area is 92.7 Å². The second kappa shape index (κ2) is 4.13. The molecule has 0 atom stereocenters. The minimum atomic E-state index is 0.261. The molecular weight excluding hydrogens is 206 g/mol. The summed E-state index contributed by atoms with van der Waals surface area (Å²) >= 11 is 0. The Morgan fingerprint density at radius 1 is 1.44 bits per heavy atom. The number of nitrogen functional groups attached to an aromatic ring is 1. The van der Waals surface area contributed by atoms with Crippen molar-refractivity contribution >= 4 is 11.8 Å². The number of nitrogens with zero attached hydrogens (tertiary/aromatic N) is 5. The van der Waals surface area contributed by atoms with Crippen molar-refractivity contribution in [2.24, 2.45) is 7.05 Å². The van der Waals surface area contributed by atoms with Crippen molar-refractivity contribution in [1.82, 2.24) is 24.7 Å². The van der Waals surface area contributed by atoms with Crippen molar-refractivity contribution in [2.45, 2.75) is 13.5 Å². The van der Waals surface area contributed by atoms with Crippen LogP contribution in [0.2, 0.25) is 0 Å². The highest BCUT2D eigenvalue weighted by atomic mass is 15.3. The summed E-state index contributed by atoms with van der Waals surface area (Å²) in [5.74, 6) is 1.64. The summed E-state index contributed by atoms with van der Waals surface area (Å²) in [4.78, 5) is 12.1. The molecule has 0 fully saturated rings. The normalized spacial score (nSPS) is 10.4. The fraction of sp³-hybridized carbons (Fsp3) is 0.333. The van der Waals surface area contributed by atoms with Crippen LogP contribution in [0.15, 0.2) is 12.4 Å². The van der Waals surface area contributed by atoms with Crippen LogP contribution < -0.4 is 11.1 Å². The van der Waals surface area contributed by atoms with Gasteiger partial charge in [0, 0.05) is 18.8 Å². The predicted molar refractivity (Wildman–Crippen MR) is 59.5 cm³/mol. The van der Waals surface area contributed by atoms with Crippen molar-refractivity contribution in [3.05, 3.63) is 23.9 Å². The van der Waals surface area contributed by atoms with Gasteiger partial charge in [0.05, 0.1) is 6.54 Å². The Morgan fingerprint density at radius 2 is 2.25 bits per heavy atom. The molecule has 2 rings (SSSR count). The monoisotopic (exact) mass is 219 g/mol. The van der Waals surface area contributed by atoms with Crippen molar-refractivity contribution in [1.29, 1.82) is 0 Å². The van der Waals surface area contributed by atoms with Gasteiger partial charge in [-0.05, 0) is 6.92 Å². The van der Waals surface area contributed by atoms with Gasteiger partial charge < -0.3 is 11.1 Å². The number of rotatable bonds is 3.